The van der Waals surface area contributed by atoms with Crippen LogP contribution in [0.25, 0.3) is 0 Å². The van der Waals surface area contributed by atoms with Crippen LogP contribution in [-0.4, -0.2) is 68.7 Å². The van der Waals surface area contributed by atoms with Gasteiger partial charge in [0.2, 0.25) is 0 Å². The van der Waals surface area contributed by atoms with Gasteiger partial charge in [-0.2, -0.15) is 0 Å². The Morgan fingerprint density at radius 3 is 2.53 bits per heavy atom. The predicted molar refractivity (Wildman–Crippen MR) is 57.9 cm³/mol. The number of hydrogen-bond acceptors (Lipinski definition) is 7. The fourth-order valence-corrected chi connectivity index (χ4v) is 3.08. The van der Waals surface area contributed by atoms with Gasteiger partial charge in [-0.05, 0) is 11.8 Å². The van der Waals surface area contributed by atoms with E-state index in [0.29, 0.717) is 0 Å². The van der Waals surface area contributed by atoms with E-state index in [2.05, 4.69) is 11.8 Å². The van der Waals surface area contributed by atoms with Crippen LogP contribution in [0.3, 0.4) is 0 Å². The fraction of sp³-hybridized carbons (Fsp3) is 0.857. The summed E-state index contributed by atoms with van der Waals surface area (Å²) in [7, 11) is 0. The SMILES string of the molecule is O=C(O)CP(O)(=S)OC1C(O)[C@H](O)O[C@@H]1CO. The molecule has 0 saturated carbocycles. The molecule has 0 aromatic carbocycles. The van der Waals surface area contributed by atoms with Crippen molar-refractivity contribution in [3.05, 3.63) is 0 Å². The lowest BCUT2D eigenvalue weighted by Crippen LogP contribution is -2.36. The number of aliphatic hydroxyl groups is 3. The molecule has 1 aliphatic rings. The summed E-state index contributed by atoms with van der Waals surface area (Å²) in [5.41, 5.74) is 0. The van der Waals surface area contributed by atoms with Crippen molar-refractivity contribution in [1.82, 2.24) is 0 Å². The van der Waals surface area contributed by atoms with Crippen molar-refractivity contribution in [3.63, 3.8) is 0 Å². The van der Waals surface area contributed by atoms with Gasteiger partial charge in [0.15, 0.2) is 12.8 Å². The Kier molecular flexibility index (Phi) is 4.99. The summed E-state index contributed by atoms with van der Waals surface area (Å²) in [6.45, 7) is -4.21. The van der Waals surface area contributed by atoms with Crippen LogP contribution < -0.4 is 0 Å². The highest BCUT2D eigenvalue weighted by Gasteiger charge is 2.45. The number of ether oxygens (including phenoxy) is 1. The second kappa shape index (κ2) is 5.68. The number of carbonyl (C=O) groups is 1. The molecule has 0 aromatic heterocycles. The van der Waals surface area contributed by atoms with Crippen molar-refractivity contribution in [1.29, 1.82) is 0 Å². The molecule has 3 unspecified atom stereocenters. The van der Waals surface area contributed by atoms with Crippen LogP contribution in [0, 0.1) is 0 Å². The molecule has 1 saturated heterocycles. The second-order valence-electron chi connectivity index (χ2n) is 3.50. The van der Waals surface area contributed by atoms with Crippen LogP contribution in [0.4, 0.5) is 0 Å². The van der Waals surface area contributed by atoms with E-state index < -0.39 is 49.8 Å². The van der Waals surface area contributed by atoms with E-state index in [1.807, 2.05) is 0 Å². The van der Waals surface area contributed by atoms with Crippen LogP contribution in [0.2, 0.25) is 0 Å². The molecule has 0 aliphatic carbocycles. The first-order valence-corrected chi connectivity index (χ1v) is 7.47. The van der Waals surface area contributed by atoms with Gasteiger partial charge in [-0.1, -0.05) is 0 Å². The summed E-state index contributed by atoms with van der Waals surface area (Å²) in [5.74, 6) is -1.34. The van der Waals surface area contributed by atoms with Crippen LogP contribution >= 0.6 is 6.49 Å². The van der Waals surface area contributed by atoms with Gasteiger partial charge in [-0.15, -0.1) is 0 Å². The third kappa shape index (κ3) is 3.94. The highest BCUT2D eigenvalue weighted by Crippen LogP contribution is 2.46. The van der Waals surface area contributed by atoms with Crippen molar-refractivity contribution in [2.75, 3.05) is 12.8 Å². The normalized spacial score (nSPS) is 36.7. The van der Waals surface area contributed by atoms with E-state index in [-0.39, 0.29) is 0 Å². The Labute approximate surface area is 102 Å². The Balaban J connectivity index is 2.72. The third-order valence-electron chi connectivity index (χ3n) is 2.11. The molecule has 10 heteroatoms. The van der Waals surface area contributed by atoms with E-state index in [9.17, 15) is 14.8 Å². The first kappa shape index (κ1) is 14.9. The lowest BCUT2D eigenvalue weighted by atomic mass is 10.1. The smallest absolute Gasteiger partial charge is 0.313 e. The molecular formula is C7H13O8PS. The van der Waals surface area contributed by atoms with Crippen LogP contribution in [0.15, 0.2) is 0 Å². The van der Waals surface area contributed by atoms with Crippen molar-refractivity contribution >= 4 is 24.3 Å². The summed E-state index contributed by atoms with van der Waals surface area (Å²) >= 11 is 4.58. The average Bonchev–Trinajstić information content (AvgIpc) is 2.43. The van der Waals surface area contributed by atoms with Gasteiger partial charge in [0.25, 0.3) is 0 Å². The topological polar surface area (TPSA) is 137 Å². The first-order chi connectivity index (χ1) is 7.76. The summed E-state index contributed by atoms with van der Waals surface area (Å²) in [5, 5.41) is 36.0. The third-order valence-corrected chi connectivity index (χ3v) is 4.00. The molecule has 8 nitrogen and oxygen atoms in total. The van der Waals surface area contributed by atoms with Gasteiger partial charge < -0.3 is 34.6 Å². The van der Waals surface area contributed by atoms with E-state index in [1.165, 1.54) is 0 Å². The van der Waals surface area contributed by atoms with Gasteiger partial charge in [0.05, 0.1) is 6.61 Å². The molecule has 0 aromatic rings. The number of aliphatic hydroxyl groups excluding tert-OH is 3. The van der Waals surface area contributed by atoms with E-state index in [4.69, 9.17) is 24.6 Å². The molecule has 0 bridgehead atoms. The first-order valence-electron chi connectivity index (χ1n) is 4.61. The minimum absolute atomic E-state index is 0.568. The largest absolute Gasteiger partial charge is 0.481 e. The van der Waals surface area contributed by atoms with Gasteiger partial charge in [-0.25, -0.2) is 0 Å². The molecule has 1 rings (SSSR count). The number of carboxylic acid groups (broad SMARTS) is 1. The maximum atomic E-state index is 10.4. The molecule has 0 radical (unpaired) electrons. The maximum absolute atomic E-state index is 10.4. The van der Waals surface area contributed by atoms with E-state index in [0.717, 1.165) is 0 Å². The average molecular weight is 288 g/mol. The number of hydrogen-bond donors (Lipinski definition) is 5. The zero-order valence-electron chi connectivity index (χ0n) is 8.54. The van der Waals surface area contributed by atoms with Crippen molar-refractivity contribution in [3.8, 4) is 0 Å². The molecule has 0 spiro atoms. The summed E-state index contributed by atoms with van der Waals surface area (Å²) < 4.78 is 9.63. The second-order valence-corrected chi connectivity index (χ2v) is 7.01. The number of carboxylic acids is 1. The minimum atomic E-state index is -3.64. The number of rotatable bonds is 5. The summed E-state index contributed by atoms with van der Waals surface area (Å²) in [6.07, 6.45) is -6.18. The Morgan fingerprint density at radius 1 is 1.47 bits per heavy atom. The van der Waals surface area contributed by atoms with Gasteiger partial charge in [0, 0.05) is 0 Å². The quantitative estimate of drug-likeness (QED) is 0.358. The van der Waals surface area contributed by atoms with Crippen LogP contribution in [0.5, 0.6) is 0 Å². The molecule has 1 fully saturated rings. The molecular weight excluding hydrogens is 275 g/mol. The molecule has 17 heavy (non-hydrogen) atoms. The molecule has 1 heterocycles. The highest BCUT2D eigenvalue weighted by molar-refractivity contribution is 8.09. The maximum Gasteiger partial charge on any atom is 0.313 e. The zero-order chi connectivity index (χ0) is 13.2. The van der Waals surface area contributed by atoms with Gasteiger partial charge in [0.1, 0.15) is 24.5 Å². The summed E-state index contributed by atoms with van der Waals surface area (Å²) in [6, 6.07) is 0. The predicted octanol–water partition coefficient (Wildman–Crippen LogP) is -2.17. The monoisotopic (exact) mass is 288 g/mol. The van der Waals surface area contributed by atoms with Crippen LogP contribution in [-0.2, 0) is 25.9 Å². The van der Waals surface area contributed by atoms with Crippen molar-refractivity contribution < 1.29 is 39.4 Å². The molecule has 5 N–H and O–H groups in total. The zero-order valence-corrected chi connectivity index (χ0v) is 10.3. The standard InChI is InChI=1S/C7H13O8PS/c8-1-3-6(5(11)7(12)14-3)15-16(13,17)2-4(9)10/h3,5-8,11-12H,1-2H2,(H,9,10)(H,13,17)/t3-,5?,6?,7-,16?/m1/s1. The van der Waals surface area contributed by atoms with Crippen molar-refractivity contribution in [2.45, 2.75) is 24.6 Å². The Bertz CT molecular complexity index is 336. The summed E-state index contributed by atoms with van der Waals surface area (Å²) in [4.78, 5) is 20.0. The Hall–Kier alpha value is -0.120. The number of aliphatic carboxylic acids is 1. The van der Waals surface area contributed by atoms with Gasteiger partial charge in [-0.3, -0.25) is 4.79 Å². The Morgan fingerprint density at radius 2 is 2.06 bits per heavy atom. The highest BCUT2D eigenvalue weighted by atomic mass is 32.5. The lowest BCUT2D eigenvalue weighted by Gasteiger charge is -2.23. The van der Waals surface area contributed by atoms with Crippen molar-refractivity contribution in [2.24, 2.45) is 0 Å². The van der Waals surface area contributed by atoms with Crippen LogP contribution in [0.1, 0.15) is 0 Å². The fourth-order valence-electron chi connectivity index (χ4n) is 1.39. The molecule has 100 valence electrons. The molecule has 5 atom stereocenters. The van der Waals surface area contributed by atoms with Gasteiger partial charge >= 0.3 is 5.97 Å². The van der Waals surface area contributed by atoms with E-state index in [1.54, 1.807) is 0 Å². The molecule has 1 aliphatic heterocycles. The van der Waals surface area contributed by atoms with E-state index >= 15 is 0 Å². The molecule has 0 amide bonds. The lowest BCUT2D eigenvalue weighted by molar-refractivity contribution is -0.134. The minimum Gasteiger partial charge on any atom is -0.481 e.